The van der Waals surface area contributed by atoms with Gasteiger partial charge in [0, 0.05) is 11.8 Å². The third-order valence-electron chi connectivity index (χ3n) is 4.60. The van der Waals surface area contributed by atoms with E-state index in [2.05, 4.69) is 10.1 Å². The Labute approximate surface area is 195 Å². The van der Waals surface area contributed by atoms with Crippen LogP contribution in [0.3, 0.4) is 0 Å². The lowest BCUT2D eigenvalue weighted by atomic mass is 10.3. The second-order valence-electron chi connectivity index (χ2n) is 7.87. The van der Waals surface area contributed by atoms with E-state index in [0.29, 0.717) is 5.56 Å². The Morgan fingerprint density at radius 2 is 1.97 bits per heavy atom. The Balaban J connectivity index is 1.68. The minimum atomic E-state index is -4.09. The van der Waals surface area contributed by atoms with Gasteiger partial charge in [-0.05, 0) is 39.8 Å². The van der Waals surface area contributed by atoms with Crippen molar-refractivity contribution in [3.8, 4) is 5.75 Å². The highest BCUT2D eigenvalue weighted by Gasteiger charge is 2.36. The minimum Gasteiger partial charge on any atom is -0.462 e. The number of benzene rings is 1. The number of aryl methyl sites for hydroxylation is 1. The lowest BCUT2D eigenvalue weighted by Gasteiger charge is -2.24. The highest BCUT2D eigenvalue weighted by Crippen LogP contribution is 2.45. The van der Waals surface area contributed by atoms with Gasteiger partial charge < -0.3 is 18.7 Å². The summed E-state index contributed by atoms with van der Waals surface area (Å²) in [5, 5.41) is 2.57. The molecule has 0 bridgehead atoms. The molecular formula is C21H28N3O9P. The van der Waals surface area contributed by atoms with Gasteiger partial charge in [-0.25, -0.2) is 9.36 Å². The fourth-order valence-electron chi connectivity index (χ4n) is 2.97. The average Bonchev–Trinajstić information content (AvgIpc) is 3.24. The highest BCUT2D eigenvalue weighted by atomic mass is 31.2. The van der Waals surface area contributed by atoms with E-state index in [1.807, 2.05) is 0 Å². The molecule has 0 radical (unpaired) electrons. The van der Waals surface area contributed by atoms with Gasteiger partial charge in [-0.3, -0.25) is 23.7 Å². The first kappa shape index (κ1) is 25.9. The van der Waals surface area contributed by atoms with Crippen molar-refractivity contribution in [2.24, 2.45) is 0 Å². The number of esters is 1. The summed E-state index contributed by atoms with van der Waals surface area (Å²) in [6.45, 7) is 6.08. The van der Waals surface area contributed by atoms with Crippen LogP contribution in [0.15, 0.2) is 46.1 Å². The number of H-pyrrole nitrogens is 1. The van der Waals surface area contributed by atoms with Crippen molar-refractivity contribution in [1.82, 2.24) is 14.6 Å². The minimum absolute atomic E-state index is 0.00614. The predicted octanol–water partition coefficient (Wildman–Crippen LogP) is 1.85. The molecule has 0 saturated carbocycles. The van der Waals surface area contributed by atoms with Gasteiger partial charge >= 0.3 is 19.4 Å². The Hall–Kier alpha value is -2.76. The average molecular weight is 497 g/mol. The molecule has 2 heterocycles. The van der Waals surface area contributed by atoms with Gasteiger partial charge in [0.15, 0.2) is 12.5 Å². The van der Waals surface area contributed by atoms with Crippen molar-refractivity contribution < 1.29 is 32.6 Å². The van der Waals surface area contributed by atoms with Crippen LogP contribution in [-0.2, 0) is 28.1 Å². The zero-order valence-electron chi connectivity index (χ0n) is 19.3. The number of nitrogens with one attached hydrogen (secondary N) is 2. The summed E-state index contributed by atoms with van der Waals surface area (Å²) < 4.78 is 42.0. The highest BCUT2D eigenvalue weighted by molar-refractivity contribution is 7.52. The number of para-hydroxylation sites is 1. The molecule has 1 aliphatic rings. The third-order valence-corrected chi connectivity index (χ3v) is 6.24. The van der Waals surface area contributed by atoms with E-state index in [1.54, 1.807) is 51.1 Å². The van der Waals surface area contributed by atoms with Gasteiger partial charge in [-0.15, -0.1) is 0 Å². The molecule has 0 spiro atoms. The quantitative estimate of drug-likeness (QED) is 0.368. The summed E-state index contributed by atoms with van der Waals surface area (Å²) in [6, 6.07) is 7.30. The number of carbonyl (C=O) groups excluding carboxylic acids is 1. The molecule has 1 aromatic heterocycles. The third kappa shape index (κ3) is 6.87. The van der Waals surface area contributed by atoms with E-state index in [-0.39, 0.29) is 25.1 Å². The second-order valence-corrected chi connectivity index (χ2v) is 9.56. The van der Waals surface area contributed by atoms with Crippen molar-refractivity contribution in [3.05, 3.63) is 62.9 Å². The van der Waals surface area contributed by atoms with Crippen molar-refractivity contribution in [1.29, 1.82) is 0 Å². The first-order valence-corrected chi connectivity index (χ1v) is 12.2. The molecule has 1 aliphatic heterocycles. The maximum absolute atomic E-state index is 13.5. The normalized spacial score (nSPS) is 20.6. The standard InChI is InChI=1S/C21H28N3O9P/c1-13(2)31-20(26)15(4)23-34(28,33-16-8-6-5-7-9-16)30-12-18-29-11-17(32-18)24-10-14(3)19(25)22-21(24)27/h5-10,13,15,17-18H,11-12H2,1-4H3,(H,23,28)(H,22,25,27)/t15-,17-,18+,34?/m0/s1. The van der Waals surface area contributed by atoms with Gasteiger partial charge in [0.2, 0.25) is 0 Å². The zero-order chi connectivity index (χ0) is 24.9. The summed E-state index contributed by atoms with van der Waals surface area (Å²) in [6.07, 6.45) is -0.800. The summed E-state index contributed by atoms with van der Waals surface area (Å²) >= 11 is 0. The molecule has 0 aliphatic carbocycles. The van der Waals surface area contributed by atoms with Gasteiger partial charge in [-0.2, -0.15) is 5.09 Å². The molecule has 13 heteroatoms. The molecule has 4 atom stereocenters. The van der Waals surface area contributed by atoms with Crippen LogP contribution < -0.4 is 20.9 Å². The number of aromatic nitrogens is 2. The number of ether oxygens (including phenoxy) is 3. The lowest BCUT2D eigenvalue weighted by Crippen LogP contribution is -2.37. The number of hydrogen-bond donors (Lipinski definition) is 2. The summed E-state index contributed by atoms with van der Waals surface area (Å²) in [7, 11) is -4.09. The van der Waals surface area contributed by atoms with Gasteiger partial charge in [0.1, 0.15) is 18.4 Å². The number of aromatic amines is 1. The SMILES string of the molecule is Cc1cn([C@@H]2CO[C@@H](COP(=O)(N[C@@H](C)C(=O)OC(C)C)Oc3ccccc3)O2)c(=O)[nH]c1=O. The zero-order valence-corrected chi connectivity index (χ0v) is 20.2. The molecule has 1 saturated heterocycles. The molecule has 12 nitrogen and oxygen atoms in total. The second kappa shape index (κ2) is 11.1. The van der Waals surface area contributed by atoms with E-state index in [4.69, 9.17) is 23.3 Å². The monoisotopic (exact) mass is 497 g/mol. The molecule has 1 fully saturated rings. The Bertz CT molecular complexity index is 1150. The Morgan fingerprint density at radius 3 is 2.65 bits per heavy atom. The summed E-state index contributed by atoms with van der Waals surface area (Å²) in [4.78, 5) is 38.1. The summed E-state index contributed by atoms with van der Waals surface area (Å²) in [5.41, 5.74) is -0.812. The maximum Gasteiger partial charge on any atom is 0.459 e. The topological polar surface area (TPSA) is 147 Å². The van der Waals surface area contributed by atoms with Crippen LogP contribution in [0, 0.1) is 6.92 Å². The van der Waals surface area contributed by atoms with E-state index in [9.17, 15) is 18.9 Å². The van der Waals surface area contributed by atoms with Crippen LogP contribution in [0.1, 0.15) is 32.6 Å². The first-order valence-electron chi connectivity index (χ1n) is 10.6. The predicted molar refractivity (Wildman–Crippen MR) is 120 cm³/mol. The Kier molecular flexibility index (Phi) is 8.45. The molecule has 3 rings (SSSR count). The van der Waals surface area contributed by atoms with Gasteiger partial charge in [-0.1, -0.05) is 18.2 Å². The van der Waals surface area contributed by atoms with Crippen LogP contribution in [0.2, 0.25) is 0 Å². The van der Waals surface area contributed by atoms with Crippen LogP contribution in [0.5, 0.6) is 5.75 Å². The number of carbonyl (C=O) groups is 1. The smallest absolute Gasteiger partial charge is 0.459 e. The first-order chi connectivity index (χ1) is 16.1. The van der Waals surface area contributed by atoms with Crippen LogP contribution in [0.4, 0.5) is 0 Å². The van der Waals surface area contributed by atoms with Gasteiger partial charge in [0.05, 0.1) is 12.7 Å². The molecule has 1 unspecified atom stereocenters. The van der Waals surface area contributed by atoms with E-state index < -0.39 is 43.5 Å². The fraction of sp³-hybridized carbons (Fsp3) is 0.476. The van der Waals surface area contributed by atoms with Crippen LogP contribution in [-0.4, -0.2) is 47.2 Å². The molecular weight excluding hydrogens is 469 g/mol. The Morgan fingerprint density at radius 1 is 1.26 bits per heavy atom. The lowest BCUT2D eigenvalue weighted by molar-refractivity contribution is -0.149. The van der Waals surface area contributed by atoms with Gasteiger partial charge in [0.25, 0.3) is 5.56 Å². The molecule has 2 N–H and O–H groups in total. The molecule has 34 heavy (non-hydrogen) atoms. The van der Waals surface area contributed by atoms with E-state index >= 15 is 0 Å². The number of rotatable bonds is 10. The largest absolute Gasteiger partial charge is 0.462 e. The number of nitrogens with zero attached hydrogens (tertiary/aromatic N) is 1. The maximum atomic E-state index is 13.5. The van der Waals surface area contributed by atoms with Crippen LogP contribution in [0.25, 0.3) is 0 Å². The van der Waals surface area contributed by atoms with E-state index in [1.165, 1.54) is 17.7 Å². The number of hydrogen-bond acceptors (Lipinski definition) is 9. The molecule has 186 valence electrons. The molecule has 0 amide bonds. The van der Waals surface area contributed by atoms with Crippen molar-refractivity contribution in [2.75, 3.05) is 13.2 Å². The van der Waals surface area contributed by atoms with Crippen molar-refractivity contribution in [3.63, 3.8) is 0 Å². The van der Waals surface area contributed by atoms with E-state index in [0.717, 1.165) is 0 Å². The molecule has 2 aromatic rings. The molecule has 1 aromatic carbocycles. The van der Waals surface area contributed by atoms with Crippen molar-refractivity contribution >= 4 is 13.7 Å². The van der Waals surface area contributed by atoms with Crippen molar-refractivity contribution in [2.45, 2.75) is 52.4 Å². The summed E-state index contributed by atoms with van der Waals surface area (Å²) in [5.74, 6) is -0.374. The van der Waals surface area contributed by atoms with Crippen LogP contribution >= 0.6 is 7.75 Å². The fourth-order valence-corrected chi connectivity index (χ4v) is 4.45.